The summed E-state index contributed by atoms with van der Waals surface area (Å²) in [6.07, 6.45) is -23.5. The SMILES string of the molecule is CO[C@H]1O[C@H](CO[C@H]2O[C@H](CO)[C@@H](O)[C@@H](O)[C@@H]2O)[C@@H](O)[C@@H](O[C@@H]2O[C@H](CO)[C@H](O)[C@@H](O)[C@H]2O)[C@H]1O. The lowest BCUT2D eigenvalue weighted by molar-refractivity contribution is -0.364. The van der Waals surface area contributed by atoms with E-state index >= 15 is 0 Å². The van der Waals surface area contributed by atoms with Crippen molar-refractivity contribution in [3.8, 4) is 0 Å². The van der Waals surface area contributed by atoms with E-state index in [-0.39, 0.29) is 0 Å². The Morgan fingerprint density at radius 3 is 1.54 bits per heavy atom. The topological polar surface area (TPSA) is 258 Å². The summed E-state index contributed by atoms with van der Waals surface area (Å²) in [5.41, 5.74) is 0. The van der Waals surface area contributed by atoms with E-state index in [0.717, 1.165) is 0 Å². The molecule has 3 rings (SSSR count). The van der Waals surface area contributed by atoms with E-state index in [9.17, 15) is 51.1 Å². The number of rotatable bonds is 8. The first-order valence-corrected chi connectivity index (χ1v) is 11.0. The van der Waals surface area contributed by atoms with Crippen LogP contribution in [0.4, 0.5) is 0 Å². The third kappa shape index (κ3) is 5.93. The largest absolute Gasteiger partial charge is 0.394 e. The quantitative estimate of drug-likeness (QED) is 0.143. The van der Waals surface area contributed by atoms with Gasteiger partial charge in [0.25, 0.3) is 0 Å². The van der Waals surface area contributed by atoms with Crippen molar-refractivity contribution in [1.29, 1.82) is 0 Å². The summed E-state index contributed by atoms with van der Waals surface area (Å²) in [5.74, 6) is 0. The molecule has 0 aromatic heterocycles. The highest BCUT2D eigenvalue weighted by Gasteiger charge is 2.51. The molecular formula is C19H34O16. The van der Waals surface area contributed by atoms with Gasteiger partial charge in [0.15, 0.2) is 18.9 Å². The zero-order chi connectivity index (χ0) is 26.0. The lowest BCUT2D eigenvalue weighted by Gasteiger charge is -2.46. The van der Waals surface area contributed by atoms with E-state index in [1.807, 2.05) is 0 Å². The molecule has 0 aromatic carbocycles. The Hall–Kier alpha value is -0.640. The zero-order valence-electron chi connectivity index (χ0n) is 18.7. The predicted octanol–water partition coefficient (Wildman–Crippen LogP) is -6.92. The van der Waals surface area contributed by atoms with Crippen LogP contribution < -0.4 is 0 Å². The molecule has 3 heterocycles. The Kier molecular flexibility index (Phi) is 10.1. The number of aliphatic hydroxyl groups excluding tert-OH is 10. The first kappa shape index (κ1) is 28.9. The molecule has 0 bridgehead atoms. The van der Waals surface area contributed by atoms with Crippen LogP contribution >= 0.6 is 0 Å². The van der Waals surface area contributed by atoms with Crippen molar-refractivity contribution in [3.05, 3.63) is 0 Å². The van der Waals surface area contributed by atoms with Gasteiger partial charge in [0, 0.05) is 7.11 Å². The van der Waals surface area contributed by atoms with E-state index in [1.165, 1.54) is 7.11 Å². The van der Waals surface area contributed by atoms with Gasteiger partial charge in [-0.2, -0.15) is 0 Å². The van der Waals surface area contributed by atoms with Crippen molar-refractivity contribution >= 4 is 0 Å². The summed E-state index contributed by atoms with van der Waals surface area (Å²) < 4.78 is 31.9. The van der Waals surface area contributed by atoms with Crippen molar-refractivity contribution < 1.29 is 79.5 Å². The monoisotopic (exact) mass is 518 g/mol. The van der Waals surface area contributed by atoms with E-state index < -0.39 is 112 Å². The lowest BCUT2D eigenvalue weighted by Crippen LogP contribution is -2.65. The highest BCUT2D eigenvalue weighted by atomic mass is 16.7. The molecule has 0 amide bonds. The van der Waals surface area contributed by atoms with Crippen LogP contribution in [0, 0.1) is 0 Å². The van der Waals surface area contributed by atoms with Crippen LogP contribution in [0.3, 0.4) is 0 Å². The first-order chi connectivity index (χ1) is 16.5. The third-order valence-corrected chi connectivity index (χ3v) is 6.29. The summed E-state index contributed by atoms with van der Waals surface area (Å²) in [4.78, 5) is 0. The van der Waals surface area contributed by atoms with Crippen molar-refractivity contribution in [2.45, 2.75) is 92.1 Å². The zero-order valence-corrected chi connectivity index (χ0v) is 18.7. The molecule has 0 unspecified atom stereocenters. The maximum absolute atomic E-state index is 10.8. The fourth-order valence-corrected chi connectivity index (χ4v) is 4.13. The highest BCUT2D eigenvalue weighted by molar-refractivity contribution is 4.95. The van der Waals surface area contributed by atoms with Crippen molar-refractivity contribution in [3.63, 3.8) is 0 Å². The smallest absolute Gasteiger partial charge is 0.187 e. The van der Waals surface area contributed by atoms with Gasteiger partial charge in [-0.1, -0.05) is 0 Å². The molecule has 15 atom stereocenters. The maximum atomic E-state index is 10.8. The van der Waals surface area contributed by atoms with Crippen molar-refractivity contribution in [2.24, 2.45) is 0 Å². The molecule has 3 aliphatic heterocycles. The number of aliphatic hydroxyl groups is 10. The summed E-state index contributed by atoms with van der Waals surface area (Å²) in [5, 5.41) is 99.9. The molecule has 0 spiro atoms. The van der Waals surface area contributed by atoms with E-state index in [4.69, 9.17) is 28.4 Å². The Balaban J connectivity index is 1.69. The molecule has 3 aliphatic rings. The standard InChI is InChI=1S/C19H34O16/c1-30-17-15(29)16(35-19-14(28)12(26)9(23)6(3-21)33-19)10(24)7(34-17)4-31-18-13(27)11(25)8(22)5(2-20)32-18/h5-29H,2-4H2,1H3/t5-,6-,7-,8-,9+,10-,11-,12-,13+,14-,15-,16-,17+,18+,19+/m1/s1. The number of ether oxygens (including phenoxy) is 6. The van der Waals surface area contributed by atoms with Gasteiger partial charge in [-0.3, -0.25) is 0 Å². The second-order valence-electron chi connectivity index (χ2n) is 8.59. The molecule has 0 radical (unpaired) electrons. The minimum absolute atomic E-state index is 0.523. The maximum Gasteiger partial charge on any atom is 0.187 e. The van der Waals surface area contributed by atoms with Gasteiger partial charge in [0.1, 0.15) is 73.2 Å². The average Bonchev–Trinajstić information content (AvgIpc) is 2.85. The van der Waals surface area contributed by atoms with Crippen LogP contribution in [-0.2, 0) is 28.4 Å². The number of methoxy groups -OCH3 is 1. The fourth-order valence-electron chi connectivity index (χ4n) is 4.13. The van der Waals surface area contributed by atoms with Crippen LogP contribution in [0.15, 0.2) is 0 Å². The van der Waals surface area contributed by atoms with Gasteiger partial charge in [-0.15, -0.1) is 0 Å². The molecule has 16 heteroatoms. The summed E-state index contributed by atoms with van der Waals surface area (Å²) >= 11 is 0. The normalized spacial score (nSPS) is 51.3. The molecule has 3 saturated heterocycles. The van der Waals surface area contributed by atoms with Gasteiger partial charge < -0.3 is 79.5 Å². The summed E-state index contributed by atoms with van der Waals surface area (Å²) in [7, 11) is 1.19. The Labute approximate surface area is 199 Å². The predicted molar refractivity (Wildman–Crippen MR) is 106 cm³/mol. The highest BCUT2D eigenvalue weighted by Crippen LogP contribution is 2.30. The molecule has 16 nitrogen and oxygen atoms in total. The van der Waals surface area contributed by atoms with Gasteiger partial charge in [0.05, 0.1) is 19.8 Å². The van der Waals surface area contributed by atoms with Crippen LogP contribution in [0.1, 0.15) is 0 Å². The third-order valence-electron chi connectivity index (χ3n) is 6.29. The molecule has 10 N–H and O–H groups in total. The van der Waals surface area contributed by atoms with Crippen LogP contribution in [0.25, 0.3) is 0 Å². The molecule has 206 valence electrons. The summed E-state index contributed by atoms with van der Waals surface area (Å²) in [6, 6.07) is 0. The van der Waals surface area contributed by atoms with Crippen molar-refractivity contribution in [2.75, 3.05) is 26.9 Å². The Morgan fingerprint density at radius 2 is 1.03 bits per heavy atom. The molecule has 3 fully saturated rings. The van der Waals surface area contributed by atoms with Gasteiger partial charge >= 0.3 is 0 Å². The molecule has 0 aromatic rings. The number of hydrogen-bond acceptors (Lipinski definition) is 16. The fraction of sp³-hybridized carbons (Fsp3) is 1.00. The Morgan fingerprint density at radius 1 is 0.543 bits per heavy atom. The van der Waals surface area contributed by atoms with Crippen molar-refractivity contribution in [1.82, 2.24) is 0 Å². The summed E-state index contributed by atoms with van der Waals surface area (Å²) in [6.45, 7) is -1.93. The molecule has 0 saturated carbocycles. The molecule has 35 heavy (non-hydrogen) atoms. The first-order valence-electron chi connectivity index (χ1n) is 11.0. The van der Waals surface area contributed by atoms with Gasteiger partial charge in [0.2, 0.25) is 0 Å². The second-order valence-corrected chi connectivity index (χ2v) is 8.59. The van der Waals surface area contributed by atoms with E-state index in [1.54, 1.807) is 0 Å². The van der Waals surface area contributed by atoms with Crippen LogP contribution in [0.2, 0.25) is 0 Å². The lowest BCUT2D eigenvalue weighted by atomic mass is 9.97. The Bertz CT molecular complexity index is 652. The minimum Gasteiger partial charge on any atom is -0.394 e. The second kappa shape index (κ2) is 12.3. The van der Waals surface area contributed by atoms with Gasteiger partial charge in [-0.25, -0.2) is 0 Å². The molecule has 0 aliphatic carbocycles. The average molecular weight is 518 g/mol. The number of hydrogen-bond donors (Lipinski definition) is 10. The van der Waals surface area contributed by atoms with Crippen LogP contribution in [-0.4, -0.2) is 170 Å². The van der Waals surface area contributed by atoms with E-state index in [0.29, 0.717) is 0 Å². The van der Waals surface area contributed by atoms with E-state index in [2.05, 4.69) is 0 Å². The molecular weight excluding hydrogens is 484 g/mol. The van der Waals surface area contributed by atoms with Crippen LogP contribution in [0.5, 0.6) is 0 Å². The van der Waals surface area contributed by atoms with Gasteiger partial charge in [-0.05, 0) is 0 Å². The minimum atomic E-state index is -1.81.